The number of rotatable bonds is 7. The predicted octanol–water partition coefficient (Wildman–Crippen LogP) is 1.84. The van der Waals surface area contributed by atoms with Crippen LogP contribution in [0.4, 0.5) is 0 Å². The van der Waals surface area contributed by atoms with Gasteiger partial charge in [-0.1, -0.05) is 13.1 Å². The highest BCUT2D eigenvalue weighted by molar-refractivity contribution is 6.58. The second kappa shape index (κ2) is 8.97. The maximum Gasteiger partial charge on any atom is 0.330 e. The molecule has 1 N–H and O–H groups in total. The van der Waals surface area contributed by atoms with Gasteiger partial charge in [-0.05, 0) is 41.0 Å². The SMILES string of the molecule is CCOC(=O)CC[C@H]1O[C@](n2cc(C)c(=O)[nH]c2=O)([SiH](C)C)C[C@@H]1OC(C)(C)C. The van der Waals surface area contributed by atoms with Crippen molar-refractivity contribution >= 4 is 14.8 Å². The number of aromatic amines is 1. The fraction of sp³-hybridized carbons (Fsp3) is 0.750. The van der Waals surface area contributed by atoms with Gasteiger partial charge in [-0.2, -0.15) is 0 Å². The molecule has 2 rings (SSSR count). The Morgan fingerprint density at radius 2 is 2.03 bits per heavy atom. The van der Waals surface area contributed by atoms with Crippen LogP contribution in [0.15, 0.2) is 15.8 Å². The lowest BCUT2D eigenvalue weighted by atomic mass is 10.1. The smallest absolute Gasteiger partial charge is 0.330 e. The molecular formula is C20H34N2O6Si. The van der Waals surface area contributed by atoms with Gasteiger partial charge >= 0.3 is 11.7 Å². The number of nitrogens with zero attached hydrogens (tertiary/aromatic N) is 1. The topological polar surface area (TPSA) is 99.6 Å². The zero-order chi connectivity index (χ0) is 22.0. The molecule has 3 atom stereocenters. The van der Waals surface area contributed by atoms with E-state index >= 15 is 0 Å². The molecule has 0 amide bonds. The van der Waals surface area contributed by atoms with Gasteiger partial charge in [-0.3, -0.25) is 19.1 Å². The average Bonchev–Trinajstić information content (AvgIpc) is 2.94. The van der Waals surface area contributed by atoms with E-state index in [9.17, 15) is 14.4 Å². The van der Waals surface area contributed by atoms with Crippen LogP contribution in [0.1, 0.15) is 52.5 Å². The summed E-state index contributed by atoms with van der Waals surface area (Å²) < 4.78 is 19.4. The molecule has 1 aliphatic rings. The molecular weight excluding hydrogens is 392 g/mol. The number of aromatic nitrogens is 2. The van der Waals surface area contributed by atoms with Gasteiger partial charge in [-0.15, -0.1) is 0 Å². The number of H-pyrrole nitrogens is 1. The van der Waals surface area contributed by atoms with E-state index in [0.717, 1.165) is 0 Å². The van der Waals surface area contributed by atoms with Gasteiger partial charge in [-0.25, -0.2) is 4.79 Å². The van der Waals surface area contributed by atoms with E-state index in [2.05, 4.69) is 18.1 Å². The molecule has 1 aromatic heterocycles. The summed E-state index contributed by atoms with van der Waals surface area (Å²) >= 11 is 0. The monoisotopic (exact) mass is 426 g/mol. The molecule has 1 fully saturated rings. The number of hydrogen-bond acceptors (Lipinski definition) is 6. The fourth-order valence-electron chi connectivity index (χ4n) is 3.77. The molecule has 1 aliphatic heterocycles. The molecule has 2 heterocycles. The highest BCUT2D eigenvalue weighted by Crippen LogP contribution is 2.41. The van der Waals surface area contributed by atoms with Gasteiger partial charge in [0.1, 0.15) is 5.35 Å². The summed E-state index contributed by atoms with van der Waals surface area (Å²) in [6.07, 6.45) is 2.10. The van der Waals surface area contributed by atoms with E-state index in [1.165, 1.54) is 4.57 Å². The minimum atomic E-state index is -1.64. The van der Waals surface area contributed by atoms with E-state index in [1.807, 2.05) is 20.8 Å². The van der Waals surface area contributed by atoms with Crippen LogP contribution >= 0.6 is 0 Å². The number of hydrogen-bond donors (Lipinski definition) is 1. The number of aryl methyl sites for hydroxylation is 1. The Balaban J connectivity index is 2.43. The van der Waals surface area contributed by atoms with Crippen molar-refractivity contribution in [1.82, 2.24) is 9.55 Å². The maximum atomic E-state index is 12.7. The number of esters is 1. The summed E-state index contributed by atoms with van der Waals surface area (Å²) in [5.74, 6) is -0.276. The van der Waals surface area contributed by atoms with Crippen LogP contribution in [0.2, 0.25) is 13.1 Å². The Morgan fingerprint density at radius 1 is 1.38 bits per heavy atom. The Morgan fingerprint density at radius 3 is 2.59 bits per heavy atom. The molecule has 0 spiro atoms. The van der Waals surface area contributed by atoms with Crippen molar-refractivity contribution in [3.63, 3.8) is 0 Å². The summed E-state index contributed by atoms with van der Waals surface area (Å²) in [6, 6.07) is 0. The zero-order valence-corrected chi connectivity index (χ0v) is 19.7. The Kier molecular flexibility index (Phi) is 7.29. The third-order valence-corrected chi connectivity index (χ3v) is 7.59. The minimum Gasteiger partial charge on any atom is -0.466 e. The van der Waals surface area contributed by atoms with Gasteiger partial charge in [0.05, 0.1) is 33.2 Å². The summed E-state index contributed by atoms with van der Waals surface area (Å²) in [5, 5.41) is -0.846. The molecule has 8 nitrogen and oxygen atoms in total. The Labute approximate surface area is 173 Å². The molecule has 0 aromatic carbocycles. The van der Waals surface area contributed by atoms with E-state index in [-0.39, 0.29) is 24.6 Å². The van der Waals surface area contributed by atoms with Crippen LogP contribution in [-0.4, -0.2) is 48.7 Å². The molecule has 0 aliphatic carbocycles. The van der Waals surface area contributed by atoms with Gasteiger partial charge in [0.15, 0.2) is 0 Å². The standard InChI is InChI=1S/C20H34N2O6Si/c1-8-26-16(23)10-9-14-15(27-19(3,4)5)11-20(28-14,29(6)7)22-12-13(2)17(24)21-18(22)25/h12,14-15,29H,8-11H2,1-7H3,(H,21,24,25)/t14-,15+,20+/m1/s1. The molecule has 1 aromatic rings. The molecule has 0 radical (unpaired) electrons. The van der Waals surface area contributed by atoms with Crippen molar-refractivity contribution in [1.29, 1.82) is 0 Å². The zero-order valence-electron chi connectivity index (χ0n) is 18.5. The third-order valence-electron chi connectivity index (χ3n) is 5.14. The van der Waals surface area contributed by atoms with Crippen molar-refractivity contribution in [2.45, 2.75) is 90.1 Å². The summed E-state index contributed by atoms with van der Waals surface area (Å²) in [7, 11) is -1.64. The highest BCUT2D eigenvalue weighted by Gasteiger charge is 2.52. The predicted molar refractivity (Wildman–Crippen MR) is 113 cm³/mol. The molecule has 164 valence electrons. The van der Waals surface area contributed by atoms with Crippen molar-refractivity contribution in [3.05, 3.63) is 32.6 Å². The van der Waals surface area contributed by atoms with Gasteiger partial charge in [0, 0.05) is 24.6 Å². The van der Waals surface area contributed by atoms with Crippen LogP contribution in [0.25, 0.3) is 0 Å². The molecule has 0 unspecified atom stereocenters. The first-order valence-corrected chi connectivity index (χ1v) is 13.1. The average molecular weight is 427 g/mol. The first-order chi connectivity index (χ1) is 13.4. The number of carbonyl (C=O) groups is 1. The second-order valence-corrected chi connectivity index (χ2v) is 12.1. The first kappa shape index (κ1) is 23.6. The summed E-state index contributed by atoms with van der Waals surface area (Å²) in [5.41, 5.74) is -0.838. The lowest BCUT2D eigenvalue weighted by Crippen LogP contribution is -2.52. The van der Waals surface area contributed by atoms with E-state index in [4.69, 9.17) is 14.2 Å². The quantitative estimate of drug-likeness (QED) is 0.528. The van der Waals surface area contributed by atoms with Crippen molar-refractivity contribution < 1.29 is 19.0 Å². The van der Waals surface area contributed by atoms with Gasteiger partial charge in [0.25, 0.3) is 5.56 Å². The molecule has 0 saturated carbocycles. The van der Waals surface area contributed by atoms with E-state index in [1.54, 1.807) is 20.0 Å². The van der Waals surface area contributed by atoms with Gasteiger partial charge < -0.3 is 14.2 Å². The highest BCUT2D eigenvalue weighted by atomic mass is 28.3. The second-order valence-electron chi connectivity index (χ2n) is 8.91. The summed E-state index contributed by atoms with van der Waals surface area (Å²) in [4.78, 5) is 38.8. The number of ether oxygens (including phenoxy) is 3. The van der Waals surface area contributed by atoms with Crippen LogP contribution < -0.4 is 11.2 Å². The maximum absolute atomic E-state index is 12.7. The number of nitrogens with one attached hydrogen (secondary N) is 1. The molecule has 0 bridgehead atoms. The van der Waals surface area contributed by atoms with Crippen LogP contribution in [0.5, 0.6) is 0 Å². The van der Waals surface area contributed by atoms with Crippen molar-refractivity contribution in [3.8, 4) is 0 Å². The lowest BCUT2D eigenvalue weighted by molar-refractivity contribution is -0.145. The Bertz CT molecular complexity index is 841. The minimum absolute atomic E-state index is 0.220. The normalized spacial score (nSPS) is 24.8. The van der Waals surface area contributed by atoms with Gasteiger partial charge in [0.2, 0.25) is 0 Å². The fourth-order valence-corrected chi connectivity index (χ4v) is 5.67. The van der Waals surface area contributed by atoms with Crippen LogP contribution in [0.3, 0.4) is 0 Å². The molecule has 1 saturated heterocycles. The van der Waals surface area contributed by atoms with Crippen LogP contribution in [0, 0.1) is 6.92 Å². The Hall–Kier alpha value is -1.71. The lowest BCUT2D eigenvalue weighted by Gasteiger charge is -2.34. The summed E-state index contributed by atoms with van der Waals surface area (Å²) in [6.45, 7) is 13.9. The molecule has 9 heteroatoms. The first-order valence-electron chi connectivity index (χ1n) is 10.2. The van der Waals surface area contributed by atoms with Crippen LogP contribution in [-0.2, 0) is 24.4 Å². The molecule has 29 heavy (non-hydrogen) atoms. The largest absolute Gasteiger partial charge is 0.466 e. The van der Waals surface area contributed by atoms with Crippen molar-refractivity contribution in [2.24, 2.45) is 0 Å². The number of carbonyl (C=O) groups excluding carboxylic acids is 1. The third kappa shape index (κ3) is 5.46. The van der Waals surface area contributed by atoms with E-state index < -0.39 is 31.0 Å². The van der Waals surface area contributed by atoms with Crippen molar-refractivity contribution in [2.75, 3.05) is 6.61 Å². The van der Waals surface area contributed by atoms with E-state index in [0.29, 0.717) is 25.0 Å².